The predicted molar refractivity (Wildman–Crippen MR) is 239 cm³/mol. The normalized spacial score (nSPS) is 14.3. The van der Waals surface area contributed by atoms with E-state index in [9.17, 15) is 24.0 Å². The average Bonchev–Trinajstić information content (AvgIpc) is 3.53. The minimum atomic E-state index is -1.43. The van der Waals surface area contributed by atoms with Gasteiger partial charge in [-0.1, -0.05) is 207 Å². The van der Waals surface area contributed by atoms with Gasteiger partial charge in [-0.05, 0) is 25.7 Å². The smallest absolute Gasteiger partial charge is 0.379 e. The molecular formula is C50H88O10. The van der Waals surface area contributed by atoms with Gasteiger partial charge < -0.3 is 23.7 Å². The zero-order valence-corrected chi connectivity index (χ0v) is 38.9. The third-order valence-electron chi connectivity index (χ3n) is 11.3. The molecule has 10 nitrogen and oxygen atoms in total. The van der Waals surface area contributed by atoms with Crippen LogP contribution >= 0.6 is 0 Å². The standard InChI is InChI=1S/C50H88O10/c1-5-9-13-17-21-25-29-33-37-43(51)56-41-42(57-44(52)38-34-30-26-22-18-14-10-6-2)47-48(58-45(53)39-35-31-27-23-19-15-11-7-3)49(50(55)60-47)59-46(54)40-36-32-28-24-20-16-12-8-4/h42,47H,5-41H2,1-4H3/t42-,47+/m0/s1. The molecule has 1 heterocycles. The number of rotatable bonds is 42. The summed E-state index contributed by atoms with van der Waals surface area (Å²) in [5, 5.41) is 0. The summed E-state index contributed by atoms with van der Waals surface area (Å²) in [6.07, 6.45) is 31.6. The van der Waals surface area contributed by atoms with E-state index >= 15 is 0 Å². The van der Waals surface area contributed by atoms with Crippen LogP contribution in [0.25, 0.3) is 0 Å². The first-order chi connectivity index (χ1) is 29.3. The Morgan fingerprint density at radius 2 is 0.750 bits per heavy atom. The highest BCUT2D eigenvalue weighted by Gasteiger charge is 2.46. The quantitative estimate of drug-likeness (QED) is 0.0332. The number of carbonyl (C=O) groups is 5. The van der Waals surface area contributed by atoms with Crippen LogP contribution in [0.2, 0.25) is 0 Å². The van der Waals surface area contributed by atoms with E-state index in [0.717, 1.165) is 77.0 Å². The van der Waals surface area contributed by atoms with Crippen LogP contribution in [0.4, 0.5) is 0 Å². The van der Waals surface area contributed by atoms with Crippen LogP contribution in [0.1, 0.15) is 259 Å². The van der Waals surface area contributed by atoms with Crippen LogP contribution in [-0.4, -0.2) is 48.7 Å². The van der Waals surface area contributed by atoms with E-state index in [1.165, 1.54) is 103 Å². The Hall–Kier alpha value is -2.91. The van der Waals surface area contributed by atoms with Crippen LogP contribution in [0.5, 0.6) is 0 Å². The number of ether oxygens (including phenoxy) is 5. The van der Waals surface area contributed by atoms with Crippen LogP contribution in [-0.2, 0) is 47.7 Å². The lowest BCUT2D eigenvalue weighted by molar-refractivity contribution is -0.172. The average molecular weight is 849 g/mol. The van der Waals surface area contributed by atoms with Gasteiger partial charge in [0.05, 0.1) is 0 Å². The monoisotopic (exact) mass is 849 g/mol. The Labute approximate surface area is 365 Å². The number of esters is 5. The molecule has 0 saturated heterocycles. The van der Waals surface area contributed by atoms with Crippen molar-refractivity contribution >= 4 is 29.8 Å². The molecule has 0 aromatic carbocycles. The van der Waals surface area contributed by atoms with Crippen molar-refractivity contribution in [3.8, 4) is 0 Å². The summed E-state index contributed by atoms with van der Waals surface area (Å²) >= 11 is 0. The minimum Gasteiger partial charge on any atom is -0.462 e. The summed E-state index contributed by atoms with van der Waals surface area (Å²) in [6, 6.07) is 0. The number of hydrogen-bond donors (Lipinski definition) is 0. The molecule has 0 aromatic rings. The molecule has 1 rings (SSSR count). The maximum absolute atomic E-state index is 13.4. The predicted octanol–water partition coefficient (Wildman–Crippen LogP) is 13.8. The molecule has 10 heteroatoms. The van der Waals surface area contributed by atoms with Crippen molar-refractivity contribution in [1.29, 1.82) is 0 Å². The number of carbonyl (C=O) groups excluding carboxylic acids is 5. The molecule has 0 bridgehead atoms. The molecule has 1 aliphatic heterocycles. The first-order valence-electron chi connectivity index (χ1n) is 25.0. The van der Waals surface area contributed by atoms with Gasteiger partial charge in [-0.3, -0.25) is 19.2 Å². The lowest BCUT2D eigenvalue weighted by Gasteiger charge is -2.24. The topological polar surface area (TPSA) is 132 Å². The molecule has 0 unspecified atom stereocenters. The van der Waals surface area contributed by atoms with E-state index in [1.54, 1.807) is 0 Å². The molecule has 1 aliphatic rings. The summed E-state index contributed by atoms with van der Waals surface area (Å²) in [6.45, 7) is 8.35. The van der Waals surface area contributed by atoms with Crippen molar-refractivity contribution in [2.45, 2.75) is 271 Å². The largest absolute Gasteiger partial charge is 0.462 e. The molecule has 0 radical (unpaired) electrons. The lowest BCUT2D eigenvalue weighted by atomic mass is 10.1. The summed E-state index contributed by atoms with van der Waals surface area (Å²) in [5.74, 6) is -4.04. The summed E-state index contributed by atoms with van der Waals surface area (Å²) in [4.78, 5) is 65.9. The molecule has 0 saturated carbocycles. The summed E-state index contributed by atoms with van der Waals surface area (Å²) in [5.41, 5.74) is 0. The molecular weight excluding hydrogens is 761 g/mol. The third kappa shape index (κ3) is 29.4. The molecule has 348 valence electrons. The molecule has 0 amide bonds. The van der Waals surface area contributed by atoms with Gasteiger partial charge in [0.15, 0.2) is 6.10 Å². The Kier molecular flexibility index (Phi) is 35.8. The number of unbranched alkanes of at least 4 members (excludes halogenated alkanes) is 28. The van der Waals surface area contributed by atoms with Gasteiger partial charge >= 0.3 is 29.8 Å². The van der Waals surface area contributed by atoms with Crippen molar-refractivity contribution < 1.29 is 47.7 Å². The second kappa shape index (κ2) is 39.0. The zero-order chi connectivity index (χ0) is 43.9. The fraction of sp³-hybridized carbons (Fsp3) is 0.860. The molecule has 0 N–H and O–H groups in total. The second-order valence-corrected chi connectivity index (χ2v) is 17.1. The van der Waals surface area contributed by atoms with E-state index in [1.807, 2.05) is 0 Å². The van der Waals surface area contributed by atoms with E-state index < -0.39 is 54.4 Å². The Balaban J connectivity index is 3.07. The van der Waals surface area contributed by atoms with Crippen LogP contribution in [0.3, 0.4) is 0 Å². The third-order valence-corrected chi connectivity index (χ3v) is 11.3. The fourth-order valence-corrected chi connectivity index (χ4v) is 7.50. The molecule has 0 spiro atoms. The van der Waals surface area contributed by atoms with Crippen LogP contribution in [0.15, 0.2) is 11.5 Å². The lowest BCUT2D eigenvalue weighted by Crippen LogP contribution is -2.38. The van der Waals surface area contributed by atoms with E-state index in [4.69, 9.17) is 23.7 Å². The molecule has 60 heavy (non-hydrogen) atoms. The van der Waals surface area contributed by atoms with Gasteiger partial charge in [-0.2, -0.15) is 0 Å². The maximum atomic E-state index is 13.4. The number of cyclic esters (lactones) is 1. The van der Waals surface area contributed by atoms with Gasteiger partial charge in [0.1, 0.15) is 6.61 Å². The van der Waals surface area contributed by atoms with Crippen molar-refractivity contribution in [1.82, 2.24) is 0 Å². The molecule has 0 aromatic heterocycles. The highest BCUT2D eigenvalue weighted by molar-refractivity contribution is 5.93. The SMILES string of the molecule is CCCCCCCCCCC(=O)OC[C@H](OC(=O)CCCCCCCCCC)[C@H]1OC(=O)C(OC(=O)CCCCCCCCCC)=C1OC(=O)CCCCCCCCCC. The molecule has 2 atom stereocenters. The number of hydrogen-bond acceptors (Lipinski definition) is 10. The van der Waals surface area contributed by atoms with Gasteiger partial charge in [0.2, 0.25) is 11.9 Å². The first kappa shape index (κ1) is 55.1. The van der Waals surface area contributed by atoms with E-state index in [2.05, 4.69) is 27.7 Å². The van der Waals surface area contributed by atoms with Gasteiger partial charge in [-0.25, -0.2) is 4.79 Å². The van der Waals surface area contributed by atoms with Crippen molar-refractivity contribution in [2.24, 2.45) is 0 Å². The van der Waals surface area contributed by atoms with Crippen molar-refractivity contribution in [3.05, 3.63) is 11.5 Å². The second-order valence-electron chi connectivity index (χ2n) is 17.1. The fourth-order valence-electron chi connectivity index (χ4n) is 7.50. The Morgan fingerprint density at radius 3 is 1.13 bits per heavy atom. The van der Waals surface area contributed by atoms with E-state index in [0.29, 0.717) is 25.7 Å². The van der Waals surface area contributed by atoms with Crippen LogP contribution in [0, 0.1) is 0 Å². The molecule has 0 aliphatic carbocycles. The van der Waals surface area contributed by atoms with E-state index in [-0.39, 0.29) is 31.4 Å². The van der Waals surface area contributed by atoms with Crippen molar-refractivity contribution in [2.75, 3.05) is 6.61 Å². The zero-order valence-electron chi connectivity index (χ0n) is 38.9. The Bertz CT molecular complexity index is 1160. The van der Waals surface area contributed by atoms with Gasteiger partial charge in [0, 0.05) is 25.7 Å². The summed E-state index contributed by atoms with van der Waals surface area (Å²) in [7, 11) is 0. The van der Waals surface area contributed by atoms with Crippen LogP contribution < -0.4 is 0 Å². The van der Waals surface area contributed by atoms with Gasteiger partial charge in [0.25, 0.3) is 5.76 Å². The maximum Gasteiger partial charge on any atom is 0.379 e. The molecule has 0 fully saturated rings. The highest BCUT2D eigenvalue weighted by Crippen LogP contribution is 2.31. The minimum absolute atomic E-state index is 0.0866. The van der Waals surface area contributed by atoms with Gasteiger partial charge in [-0.15, -0.1) is 0 Å². The van der Waals surface area contributed by atoms with Crippen molar-refractivity contribution in [3.63, 3.8) is 0 Å². The Morgan fingerprint density at radius 1 is 0.433 bits per heavy atom. The highest BCUT2D eigenvalue weighted by atomic mass is 16.7. The first-order valence-corrected chi connectivity index (χ1v) is 25.0. The summed E-state index contributed by atoms with van der Waals surface area (Å²) < 4.78 is 28.5.